The molecular formula is C33H42BrN5O4. The predicted octanol–water partition coefficient (Wildman–Crippen LogP) is 5.49. The topological polar surface area (TPSA) is 125 Å². The highest BCUT2D eigenvalue weighted by atomic mass is 79.9. The molecule has 2 aliphatic heterocycles. The summed E-state index contributed by atoms with van der Waals surface area (Å²) in [5.74, 6) is -0.198. The van der Waals surface area contributed by atoms with Gasteiger partial charge in [0.05, 0.1) is 17.6 Å². The van der Waals surface area contributed by atoms with Crippen molar-refractivity contribution in [3.63, 3.8) is 0 Å². The van der Waals surface area contributed by atoms with Crippen molar-refractivity contribution in [3.05, 3.63) is 63.8 Å². The van der Waals surface area contributed by atoms with Gasteiger partial charge in [-0.3, -0.25) is 15.1 Å². The number of halogens is 1. The van der Waals surface area contributed by atoms with Crippen LogP contribution in [0.15, 0.2) is 46.9 Å². The smallest absolute Gasteiger partial charge is 0.328 e. The standard InChI is InChI=1S/C33H42BrN5O4/c1-4-33(32(41)42,23-12-15-29(43-3)26(34)20-23)39-17-7-9-27(39)31(40)38-16-6-8-24(38)13-14-25-18-21-10-11-22(30(35)36)19-28(21)37(25)5-2/h10-12,15,18-20,24,27H,4-9,13-14,16-17H2,1-3H3,(H3,35,36)(H,41,42)/t24-,27+,33?/m0/s1. The number of carbonyl (C=O) groups is 2. The Hall–Kier alpha value is -3.37. The molecule has 2 fully saturated rings. The second-order valence-electron chi connectivity index (χ2n) is 11.7. The molecule has 0 aliphatic carbocycles. The van der Waals surface area contributed by atoms with E-state index in [1.807, 2.05) is 47.1 Å². The number of hydrogen-bond acceptors (Lipinski definition) is 5. The van der Waals surface area contributed by atoms with Crippen molar-refractivity contribution in [1.29, 1.82) is 5.41 Å². The van der Waals surface area contributed by atoms with Crippen molar-refractivity contribution < 1.29 is 19.4 Å². The highest BCUT2D eigenvalue weighted by molar-refractivity contribution is 9.10. The van der Waals surface area contributed by atoms with Gasteiger partial charge in [0.25, 0.3) is 0 Å². The monoisotopic (exact) mass is 651 g/mol. The van der Waals surface area contributed by atoms with E-state index < -0.39 is 17.6 Å². The second kappa shape index (κ2) is 12.7. The number of carboxylic acids is 1. The fraction of sp³-hybridized carbons (Fsp3) is 0.485. The number of nitrogens with one attached hydrogen (secondary N) is 1. The lowest BCUT2D eigenvalue weighted by atomic mass is 9.84. The molecule has 9 nitrogen and oxygen atoms in total. The van der Waals surface area contributed by atoms with Crippen LogP contribution in [0.2, 0.25) is 0 Å². The Morgan fingerprint density at radius 3 is 2.53 bits per heavy atom. The number of aromatic nitrogens is 1. The molecule has 5 rings (SSSR count). The Bertz CT molecular complexity index is 1540. The van der Waals surface area contributed by atoms with Gasteiger partial charge in [-0.2, -0.15) is 0 Å². The van der Waals surface area contributed by atoms with E-state index >= 15 is 0 Å². The lowest BCUT2D eigenvalue weighted by molar-refractivity contribution is -0.157. The number of amidine groups is 1. The van der Waals surface area contributed by atoms with Gasteiger partial charge in [0, 0.05) is 42.5 Å². The third kappa shape index (κ3) is 5.55. The molecule has 4 N–H and O–H groups in total. The highest BCUT2D eigenvalue weighted by Crippen LogP contribution is 2.42. The summed E-state index contributed by atoms with van der Waals surface area (Å²) in [6, 6.07) is 13.1. The van der Waals surface area contributed by atoms with Gasteiger partial charge in [0.2, 0.25) is 5.91 Å². The number of carboxylic acid groups (broad SMARTS) is 1. The van der Waals surface area contributed by atoms with Crippen LogP contribution in [-0.4, -0.2) is 69.5 Å². The summed E-state index contributed by atoms with van der Waals surface area (Å²) < 4.78 is 8.35. The second-order valence-corrected chi connectivity index (χ2v) is 12.5. The molecule has 3 heterocycles. The number of likely N-dealkylation sites (tertiary alicyclic amines) is 2. The van der Waals surface area contributed by atoms with Crippen LogP contribution in [0.3, 0.4) is 0 Å². The zero-order chi connectivity index (χ0) is 30.9. The number of ether oxygens (including phenoxy) is 1. The Balaban J connectivity index is 1.38. The highest BCUT2D eigenvalue weighted by Gasteiger charge is 2.52. The van der Waals surface area contributed by atoms with Gasteiger partial charge in [0.1, 0.15) is 17.1 Å². The molecular weight excluding hydrogens is 610 g/mol. The minimum absolute atomic E-state index is 0.0498. The third-order valence-corrected chi connectivity index (χ3v) is 10.2. The fourth-order valence-electron chi connectivity index (χ4n) is 7.37. The van der Waals surface area contributed by atoms with Crippen LogP contribution in [0, 0.1) is 5.41 Å². The van der Waals surface area contributed by atoms with Crippen LogP contribution < -0.4 is 10.5 Å². The first-order valence-corrected chi connectivity index (χ1v) is 16.1. The van der Waals surface area contributed by atoms with Gasteiger partial charge in [-0.15, -0.1) is 0 Å². The Morgan fingerprint density at radius 1 is 1.12 bits per heavy atom. The fourth-order valence-corrected chi connectivity index (χ4v) is 7.91. The van der Waals surface area contributed by atoms with Crippen LogP contribution in [0.1, 0.15) is 69.2 Å². The maximum absolute atomic E-state index is 14.3. The first kappa shape index (κ1) is 31.1. The number of fused-ring (bicyclic) bond motifs is 1. The summed E-state index contributed by atoms with van der Waals surface area (Å²) in [4.78, 5) is 31.3. The van der Waals surface area contributed by atoms with E-state index in [9.17, 15) is 14.7 Å². The van der Waals surface area contributed by atoms with Crippen molar-refractivity contribution in [1.82, 2.24) is 14.4 Å². The van der Waals surface area contributed by atoms with Crippen molar-refractivity contribution in [3.8, 4) is 5.75 Å². The van der Waals surface area contributed by atoms with Gasteiger partial charge in [0.15, 0.2) is 0 Å². The number of nitrogens with two attached hydrogens (primary N) is 1. The first-order chi connectivity index (χ1) is 20.7. The Morgan fingerprint density at radius 2 is 1.88 bits per heavy atom. The summed E-state index contributed by atoms with van der Waals surface area (Å²) in [6.45, 7) is 6.06. The van der Waals surface area contributed by atoms with Crippen LogP contribution in [0.5, 0.6) is 5.75 Å². The lowest BCUT2D eigenvalue weighted by Gasteiger charge is -2.42. The van der Waals surface area contributed by atoms with E-state index in [1.165, 1.54) is 5.69 Å². The predicted molar refractivity (Wildman–Crippen MR) is 172 cm³/mol. The number of rotatable bonds is 11. The number of methoxy groups -OCH3 is 1. The molecule has 10 heteroatoms. The van der Waals surface area contributed by atoms with Crippen molar-refractivity contribution >= 4 is 44.5 Å². The van der Waals surface area contributed by atoms with Crippen LogP contribution >= 0.6 is 15.9 Å². The van der Waals surface area contributed by atoms with Gasteiger partial charge in [-0.05, 0) is 103 Å². The molecule has 3 aromatic rings. The van der Waals surface area contributed by atoms with Gasteiger partial charge < -0.3 is 25.0 Å². The van der Waals surface area contributed by atoms with E-state index in [0.717, 1.165) is 49.6 Å². The van der Waals surface area contributed by atoms with Gasteiger partial charge >= 0.3 is 5.97 Å². The number of nitrogen functional groups attached to an aromatic ring is 1. The molecule has 0 bridgehead atoms. The summed E-state index contributed by atoms with van der Waals surface area (Å²) in [7, 11) is 1.58. The van der Waals surface area contributed by atoms with Crippen LogP contribution in [-0.2, 0) is 28.1 Å². The molecule has 3 atom stereocenters. The molecule has 2 aliphatic rings. The van der Waals surface area contributed by atoms with Gasteiger partial charge in [-0.1, -0.05) is 25.1 Å². The SMILES string of the molecule is CCn1c(CC[C@@H]2CCCN2C(=O)[C@H]2CCCN2C(CC)(C(=O)O)c2ccc(OC)c(Br)c2)cc2ccc(C(=N)N)cc21. The van der Waals surface area contributed by atoms with Crippen LogP contribution in [0.25, 0.3) is 10.9 Å². The summed E-state index contributed by atoms with van der Waals surface area (Å²) in [6.07, 6.45) is 5.33. The molecule has 1 unspecified atom stereocenters. The van der Waals surface area contributed by atoms with Crippen molar-refractivity contribution in [2.45, 2.75) is 83.0 Å². The number of benzene rings is 2. The number of amides is 1. The maximum atomic E-state index is 14.3. The minimum atomic E-state index is -1.32. The molecule has 2 saturated heterocycles. The molecule has 0 saturated carbocycles. The molecule has 43 heavy (non-hydrogen) atoms. The minimum Gasteiger partial charge on any atom is -0.496 e. The summed E-state index contributed by atoms with van der Waals surface area (Å²) in [5.41, 5.74) is 8.07. The molecule has 1 amide bonds. The van der Waals surface area contributed by atoms with Crippen LogP contribution in [0.4, 0.5) is 0 Å². The zero-order valence-corrected chi connectivity index (χ0v) is 26.8. The lowest BCUT2D eigenvalue weighted by Crippen LogP contribution is -2.58. The largest absolute Gasteiger partial charge is 0.496 e. The number of aliphatic carboxylic acids is 1. The van der Waals surface area contributed by atoms with E-state index in [4.69, 9.17) is 15.9 Å². The quantitative estimate of drug-likeness (QED) is 0.186. The van der Waals surface area contributed by atoms with Gasteiger partial charge in [-0.25, -0.2) is 4.79 Å². The normalized spacial score (nSPS) is 20.4. The Kier molecular flexibility index (Phi) is 9.18. The average molecular weight is 653 g/mol. The van der Waals surface area contributed by atoms with Crippen molar-refractivity contribution in [2.75, 3.05) is 20.2 Å². The molecule has 1 aromatic heterocycles. The number of nitrogens with zero attached hydrogens (tertiary/aromatic N) is 3. The number of aryl methyl sites for hydroxylation is 2. The molecule has 0 radical (unpaired) electrons. The number of carbonyl (C=O) groups excluding carboxylic acids is 1. The third-order valence-electron chi connectivity index (χ3n) is 9.53. The summed E-state index contributed by atoms with van der Waals surface area (Å²) in [5, 5.41) is 19.7. The Labute approximate surface area is 261 Å². The maximum Gasteiger partial charge on any atom is 0.328 e. The van der Waals surface area contributed by atoms with Crippen molar-refractivity contribution in [2.24, 2.45) is 5.73 Å². The average Bonchev–Trinajstić information content (AvgIpc) is 3.74. The van der Waals surface area contributed by atoms with E-state index in [-0.39, 0.29) is 17.8 Å². The molecule has 0 spiro atoms. The van der Waals surface area contributed by atoms with E-state index in [0.29, 0.717) is 47.3 Å². The summed E-state index contributed by atoms with van der Waals surface area (Å²) >= 11 is 3.53. The first-order valence-electron chi connectivity index (χ1n) is 15.3. The van der Waals surface area contributed by atoms with E-state index in [2.05, 4.69) is 33.5 Å². The van der Waals surface area contributed by atoms with E-state index in [1.54, 1.807) is 13.2 Å². The number of hydrogen-bond donors (Lipinski definition) is 3. The molecule has 230 valence electrons. The molecule has 2 aromatic carbocycles. The zero-order valence-electron chi connectivity index (χ0n) is 25.2.